The van der Waals surface area contributed by atoms with Crippen molar-refractivity contribution in [3.05, 3.63) is 76.2 Å². The standard InChI is InChI=1S/C48H57F2N11O5/c1-29(62)58-21-14-39-37(28-58)45(59-16-4-5-31-23-35(32-25-52-55(2)27-32)36(44(49)50)24-41(31)59)54-61(39)33-12-19-57(20-13-33)26-30-10-17-56(18-11-30)22-15-51-38-7-3-6-34-43(38)48(66)60(47(34)65)40-8-9-42(63)53-46(40)64/h3,6-7,23-25,27,30,33,40,44,51H,4-5,8-22,26,28H2,1-2H3,(H,53,63,64). The fraction of sp³-hybridized carbons (Fsp3) is 0.521. The van der Waals surface area contributed by atoms with Crippen LogP contribution in [0.15, 0.2) is 42.7 Å². The Bertz CT molecular complexity index is 2580. The highest BCUT2D eigenvalue weighted by Gasteiger charge is 2.46. The van der Waals surface area contributed by atoms with E-state index in [4.69, 9.17) is 5.10 Å². The Hall–Kier alpha value is -6.01. The number of aryl methyl sites for hydroxylation is 2. The summed E-state index contributed by atoms with van der Waals surface area (Å²) in [6, 6.07) is 7.90. The van der Waals surface area contributed by atoms with Crippen LogP contribution in [-0.4, -0.2) is 134 Å². The van der Waals surface area contributed by atoms with Gasteiger partial charge < -0.3 is 24.9 Å². The molecule has 0 spiro atoms. The number of hydrogen-bond acceptors (Lipinski definition) is 11. The summed E-state index contributed by atoms with van der Waals surface area (Å²) in [6.07, 6.45) is 7.36. The zero-order chi connectivity index (χ0) is 45.8. The molecule has 3 saturated heterocycles. The van der Waals surface area contributed by atoms with Crippen LogP contribution >= 0.6 is 0 Å². The van der Waals surface area contributed by atoms with Gasteiger partial charge in [0.05, 0.1) is 29.9 Å². The number of rotatable bonds is 11. The molecule has 18 heteroatoms. The van der Waals surface area contributed by atoms with Gasteiger partial charge in [0, 0.05) is 113 Å². The lowest BCUT2D eigenvalue weighted by molar-refractivity contribution is -0.136. The number of alkyl halides is 2. The topological polar surface area (TPSA) is 161 Å². The maximum Gasteiger partial charge on any atom is 0.264 e. The lowest BCUT2D eigenvalue weighted by atomic mass is 9.92. The molecule has 6 aliphatic rings. The van der Waals surface area contributed by atoms with Crippen molar-refractivity contribution in [3.8, 4) is 11.1 Å². The minimum absolute atomic E-state index is 0.0170. The summed E-state index contributed by atoms with van der Waals surface area (Å²) < 4.78 is 33.3. The highest BCUT2D eigenvalue weighted by Crippen LogP contribution is 2.44. The molecule has 0 bridgehead atoms. The van der Waals surface area contributed by atoms with Crippen LogP contribution in [-0.2, 0) is 40.8 Å². The minimum atomic E-state index is -2.66. The molecule has 16 nitrogen and oxygen atoms in total. The van der Waals surface area contributed by atoms with Crippen LogP contribution < -0.4 is 15.5 Å². The zero-order valence-electron chi connectivity index (χ0n) is 37.6. The molecule has 66 heavy (non-hydrogen) atoms. The summed E-state index contributed by atoms with van der Waals surface area (Å²) in [5.74, 6) is -0.668. The number of nitrogens with one attached hydrogen (secondary N) is 2. The molecular formula is C48H57F2N11O5. The Balaban J connectivity index is 0.754. The number of piperidine rings is 3. The zero-order valence-corrected chi connectivity index (χ0v) is 37.6. The van der Waals surface area contributed by atoms with E-state index in [-0.39, 0.29) is 41.5 Å². The molecule has 2 N–H and O–H groups in total. The number of amides is 5. The summed E-state index contributed by atoms with van der Waals surface area (Å²) >= 11 is 0. The number of imide groups is 2. The van der Waals surface area contributed by atoms with Gasteiger partial charge in [-0.25, -0.2) is 8.78 Å². The molecule has 10 rings (SSSR count). The van der Waals surface area contributed by atoms with Crippen LogP contribution in [0.5, 0.6) is 0 Å². The van der Waals surface area contributed by atoms with Crippen LogP contribution in [0.3, 0.4) is 0 Å². The Labute approximate surface area is 382 Å². The van der Waals surface area contributed by atoms with E-state index in [9.17, 15) is 32.8 Å². The lowest BCUT2D eigenvalue weighted by Gasteiger charge is -2.38. The number of hydrogen-bond donors (Lipinski definition) is 2. The summed E-state index contributed by atoms with van der Waals surface area (Å²) in [6.45, 7) is 9.62. The van der Waals surface area contributed by atoms with Gasteiger partial charge in [-0.2, -0.15) is 10.2 Å². The highest BCUT2D eigenvalue weighted by molar-refractivity contribution is 6.25. The molecule has 8 heterocycles. The monoisotopic (exact) mass is 905 g/mol. The third-order valence-corrected chi connectivity index (χ3v) is 14.7. The van der Waals surface area contributed by atoms with E-state index < -0.39 is 36.1 Å². The van der Waals surface area contributed by atoms with Crippen LogP contribution in [0.1, 0.15) is 107 Å². The van der Waals surface area contributed by atoms with Crippen LogP contribution in [0, 0.1) is 5.92 Å². The van der Waals surface area contributed by atoms with E-state index in [1.165, 1.54) is 0 Å². The van der Waals surface area contributed by atoms with E-state index in [0.717, 1.165) is 111 Å². The predicted molar refractivity (Wildman–Crippen MR) is 241 cm³/mol. The van der Waals surface area contributed by atoms with Crippen molar-refractivity contribution in [1.29, 1.82) is 0 Å². The largest absolute Gasteiger partial charge is 0.383 e. The van der Waals surface area contributed by atoms with E-state index in [0.29, 0.717) is 55.3 Å². The molecule has 2 aromatic carbocycles. The second-order valence-corrected chi connectivity index (χ2v) is 18.8. The predicted octanol–water partition coefficient (Wildman–Crippen LogP) is 5.07. The summed E-state index contributed by atoms with van der Waals surface area (Å²) in [7, 11) is 1.78. The lowest BCUT2D eigenvalue weighted by Crippen LogP contribution is -2.54. The van der Waals surface area contributed by atoms with Gasteiger partial charge in [0.1, 0.15) is 6.04 Å². The first kappa shape index (κ1) is 43.9. The first-order chi connectivity index (χ1) is 31.9. The summed E-state index contributed by atoms with van der Waals surface area (Å²) in [5, 5.41) is 15.2. The van der Waals surface area contributed by atoms with Crippen molar-refractivity contribution in [1.82, 2.24) is 44.5 Å². The molecule has 0 saturated carbocycles. The van der Waals surface area contributed by atoms with Crippen molar-refractivity contribution >= 4 is 46.7 Å². The third kappa shape index (κ3) is 8.26. The molecule has 6 aliphatic heterocycles. The minimum Gasteiger partial charge on any atom is -0.383 e. The smallest absolute Gasteiger partial charge is 0.264 e. The maximum atomic E-state index is 14.7. The van der Waals surface area contributed by atoms with Crippen LogP contribution in [0.25, 0.3) is 11.1 Å². The third-order valence-electron chi connectivity index (χ3n) is 14.7. The second kappa shape index (κ2) is 18.0. The first-order valence-electron chi connectivity index (χ1n) is 23.5. The van der Waals surface area contributed by atoms with Gasteiger partial charge in [-0.3, -0.25) is 43.6 Å². The Morgan fingerprint density at radius 1 is 0.909 bits per heavy atom. The number of carbonyl (C=O) groups is 5. The number of benzene rings is 2. The molecule has 1 atom stereocenters. The van der Waals surface area contributed by atoms with Crippen molar-refractivity contribution in [3.63, 3.8) is 0 Å². The summed E-state index contributed by atoms with van der Waals surface area (Å²) in [5.41, 5.74) is 6.23. The average molecular weight is 906 g/mol. The number of likely N-dealkylation sites (tertiary alicyclic amines) is 2. The fourth-order valence-electron chi connectivity index (χ4n) is 11.2. The SMILES string of the molecule is CC(=O)N1CCc2c(c(N3CCCc4cc(-c5cnn(C)c5)c(C(F)F)cc43)nn2C2CCN(CC3CCN(CCNc4cccc5c4C(=O)N(C4CCC(=O)NC4=O)C5=O)CC3)CC2)C1. The average Bonchev–Trinajstić information content (AvgIpc) is 3.99. The Morgan fingerprint density at radius 3 is 2.42 bits per heavy atom. The first-order valence-corrected chi connectivity index (χ1v) is 23.5. The van der Waals surface area contributed by atoms with Crippen molar-refractivity contribution in [2.45, 2.75) is 89.8 Å². The van der Waals surface area contributed by atoms with E-state index in [1.54, 1.807) is 55.3 Å². The van der Waals surface area contributed by atoms with Crippen molar-refractivity contribution in [2.75, 3.05) is 69.1 Å². The van der Waals surface area contributed by atoms with E-state index >= 15 is 0 Å². The molecule has 0 aliphatic carbocycles. The molecule has 5 amide bonds. The fourth-order valence-corrected chi connectivity index (χ4v) is 11.2. The van der Waals surface area contributed by atoms with Gasteiger partial charge in [-0.15, -0.1) is 0 Å². The number of nitrogens with zero attached hydrogens (tertiary/aromatic N) is 9. The molecule has 1 unspecified atom stereocenters. The van der Waals surface area contributed by atoms with Gasteiger partial charge >= 0.3 is 0 Å². The van der Waals surface area contributed by atoms with Crippen molar-refractivity contribution in [2.24, 2.45) is 13.0 Å². The highest BCUT2D eigenvalue weighted by atomic mass is 19.3. The van der Waals surface area contributed by atoms with Crippen molar-refractivity contribution < 1.29 is 32.8 Å². The van der Waals surface area contributed by atoms with Gasteiger partial charge in [0.25, 0.3) is 18.2 Å². The van der Waals surface area contributed by atoms with Crippen LogP contribution in [0.4, 0.5) is 26.0 Å². The van der Waals surface area contributed by atoms with E-state index in [2.05, 4.69) is 35.1 Å². The molecule has 2 aromatic heterocycles. The summed E-state index contributed by atoms with van der Waals surface area (Å²) in [4.78, 5) is 73.7. The van der Waals surface area contributed by atoms with Gasteiger partial charge in [0.2, 0.25) is 17.7 Å². The van der Waals surface area contributed by atoms with E-state index in [1.807, 2.05) is 11.0 Å². The normalized spacial score (nSPS) is 21.1. The second-order valence-electron chi connectivity index (χ2n) is 18.8. The number of aromatic nitrogens is 4. The number of halogens is 2. The quantitative estimate of drug-likeness (QED) is 0.194. The molecular weight excluding hydrogens is 849 g/mol. The van der Waals surface area contributed by atoms with Gasteiger partial charge in [-0.1, -0.05) is 6.07 Å². The molecule has 4 aromatic rings. The maximum absolute atomic E-state index is 14.7. The molecule has 3 fully saturated rings. The van der Waals surface area contributed by atoms with Gasteiger partial charge in [0.15, 0.2) is 5.82 Å². The molecule has 0 radical (unpaired) electrons. The number of anilines is 3. The molecule has 348 valence electrons. The Morgan fingerprint density at radius 2 is 1.70 bits per heavy atom. The van der Waals surface area contributed by atoms with Gasteiger partial charge in [-0.05, 0) is 99.3 Å². The Kier molecular flexibility index (Phi) is 12.0. The number of fused-ring (bicyclic) bond motifs is 3. The number of carbonyl (C=O) groups excluding carboxylic acids is 5. The van der Waals surface area contributed by atoms with Crippen LogP contribution in [0.2, 0.25) is 0 Å².